The second-order valence-corrected chi connectivity index (χ2v) is 8.49. The highest BCUT2D eigenvalue weighted by Gasteiger charge is 2.28. The Morgan fingerprint density at radius 1 is 1.16 bits per heavy atom. The molecular formula is C26H24FN7O4. The van der Waals surface area contributed by atoms with Gasteiger partial charge in [-0.05, 0) is 42.5 Å². The lowest BCUT2D eigenvalue weighted by Gasteiger charge is -2.28. The van der Waals surface area contributed by atoms with Gasteiger partial charge in [-0.2, -0.15) is 5.26 Å². The molecule has 38 heavy (non-hydrogen) atoms. The number of imidazole rings is 1. The van der Waals surface area contributed by atoms with Crippen LogP contribution in [0.1, 0.15) is 11.6 Å². The van der Waals surface area contributed by atoms with Gasteiger partial charge in [0, 0.05) is 11.8 Å². The zero-order valence-electron chi connectivity index (χ0n) is 20.2. The first-order chi connectivity index (χ1) is 18.6. The van der Waals surface area contributed by atoms with Crippen LogP contribution in [0.5, 0.6) is 0 Å². The van der Waals surface area contributed by atoms with E-state index in [9.17, 15) is 9.18 Å². The lowest BCUT2D eigenvalue weighted by atomic mass is 10.1. The van der Waals surface area contributed by atoms with Crippen molar-refractivity contribution in [1.29, 1.82) is 5.26 Å². The van der Waals surface area contributed by atoms with Crippen LogP contribution in [0.15, 0.2) is 59.3 Å². The van der Waals surface area contributed by atoms with E-state index in [2.05, 4.69) is 25.6 Å². The van der Waals surface area contributed by atoms with Crippen molar-refractivity contribution in [2.75, 3.05) is 25.1 Å². The summed E-state index contributed by atoms with van der Waals surface area (Å²) in [5.74, 6) is 0.584. The topological polar surface area (TPSA) is 151 Å². The van der Waals surface area contributed by atoms with Gasteiger partial charge in [-0.1, -0.05) is 0 Å². The van der Waals surface area contributed by atoms with E-state index in [0.29, 0.717) is 41.0 Å². The number of anilines is 1. The average Bonchev–Trinajstić information content (AvgIpc) is 3.62. The number of H-pyrrole nitrogens is 1. The number of aromatic amines is 1. The van der Waals surface area contributed by atoms with Gasteiger partial charge in [-0.3, -0.25) is 4.79 Å². The molecular weight excluding hydrogens is 493 g/mol. The molecule has 3 aromatic heterocycles. The van der Waals surface area contributed by atoms with E-state index in [-0.39, 0.29) is 37.9 Å². The Labute approximate surface area is 217 Å². The summed E-state index contributed by atoms with van der Waals surface area (Å²) in [5, 5.41) is 14.3. The molecule has 5 rings (SSSR count). The third-order valence-corrected chi connectivity index (χ3v) is 5.82. The van der Waals surface area contributed by atoms with Crippen molar-refractivity contribution in [3.8, 4) is 28.7 Å². The van der Waals surface area contributed by atoms with Gasteiger partial charge in [0.05, 0.1) is 61.5 Å². The van der Waals surface area contributed by atoms with E-state index in [1.54, 1.807) is 36.7 Å². The number of carbonyl (C=O) groups excluding carboxylic acids is 1. The maximum atomic E-state index is 13.6. The Balaban J connectivity index is 1.34. The predicted molar refractivity (Wildman–Crippen MR) is 133 cm³/mol. The molecule has 0 saturated carbocycles. The first-order valence-corrected chi connectivity index (χ1v) is 11.9. The summed E-state index contributed by atoms with van der Waals surface area (Å²) in [6.07, 6.45) is 2.90. The fourth-order valence-electron chi connectivity index (χ4n) is 3.92. The minimum absolute atomic E-state index is 0.0662. The number of nitrogens with one attached hydrogen (secondary N) is 3. The molecule has 0 atom stereocenters. The van der Waals surface area contributed by atoms with E-state index in [0.717, 1.165) is 5.76 Å². The maximum absolute atomic E-state index is 13.6. The lowest BCUT2D eigenvalue weighted by molar-refractivity contribution is -0.200. The van der Waals surface area contributed by atoms with Gasteiger partial charge in [0.1, 0.15) is 23.9 Å². The van der Waals surface area contributed by atoms with Gasteiger partial charge in [0.25, 0.3) is 0 Å². The van der Waals surface area contributed by atoms with Crippen molar-refractivity contribution < 1.29 is 23.1 Å². The fourth-order valence-corrected chi connectivity index (χ4v) is 3.92. The van der Waals surface area contributed by atoms with E-state index in [1.165, 1.54) is 12.1 Å². The number of aromatic nitrogens is 4. The van der Waals surface area contributed by atoms with Gasteiger partial charge in [-0.25, -0.2) is 19.3 Å². The number of hydrogen-bond acceptors (Lipinski definition) is 9. The zero-order chi connectivity index (χ0) is 26.3. The molecule has 0 radical (unpaired) electrons. The number of nitriles is 1. The molecule has 1 aromatic carbocycles. The fraction of sp³-hybridized carbons (Fsp3) is 0.269. The summed E-state index contributed by atoms with van der Waals surface area (Å²) in [7, 11) is 0. The SMILES string of the molecule is N#CCNC(=O)C1COC(Cc2nc(-c3ccc(F)cc3)c(-c3ccnc(NCc4ccco4)n3)[nH]2)OC1. The number of amides is 1. The molecule has 4 heterocycles. The van der Waals surface area contributed by atoms with E-state index >= 15 is 0 Å². The Bertz CT molecular complexity index is 1410. The van der Waals surface area contributed by atoms with E-state index in [4.69, 9.17) is 24.1 Å². The van der Waals surface area contributed by atoms with Gasteiger partial charge >= 0.3 is 0 Å². The molecule has 1 aliphatic rings. The molecule has 0 aliphatic carbocycles. The van der Waals surface area contributed by atoms with Crippen molar-refractivity contribution in [1.82, 2.24) is 25.3 Å². The first-order valence-electron chi connectivity index (χ1n) is 11.9. The van der Waals surface area contributed by atoms with Crippen molar-refractivity contribution in [3.05, 3.63) is 72.3 Å². The van der Waals surface area contributed by atoms with Crippen LogP contribution in [0, 0.1) is 23.1 Å². The minimum atomic E-state index is -0.619. The van der Waals surface area contributed by atoms with Crippen molar-refractivity contribution in [2.24, 2.45) is 5.92 Å². The monoisotopic (exact) mass is 517 g/mol. The Morgan fingerprint density at radius 3 is 2.71 bits per heavy atom. The highest BCUT2D eigenvalue weighted by molar-refractivity contribution is 5.79. The summed E-state index contributed by atoms with van der Waals surface area (Å²) in [6, 6.07) is 13.3. The third-order valence-electron chi connectivity index (χ3n) is 5.82. The third kappa shape index (κ3) is 6.03. The van der Waals surface area contributed by atoms with Crippen molar-refractivity contribution in [2.45, 2.75) is 19.3 Å². The summed E-state index contributed by atoms with van der Waals surface area (Å²) in [5.41, 5.74) is 2.49. The standard InChI is InChI=1S/C26H24FN7O4/c27-18-5-3-16(4-6-18)23-24(20-7-9-30-26(32-20)31-13-19-2-1-11-36-19)34-21(33-23)12-22-37-14-17(15-38-22)25(35)29-10-8-28/h1-7,9,11,17,22H,10,12-15H2,(H,29,35)(H,33,34)(H,30,31,32). The molecule has 12 heteroatoms. The van der Waals surface area contributed by atoms with Gasteiger partial charge < -0.3 is 29.5 Å². The summed E-state index contributed by atoms with van der Waals surface area (Å²) in [6.45, 7) is 0.679. The molecule has 0 unspecified atom stereocenters. The van der Waals surface area contributed by atoms with Gasteiger partial charge in [-0.15, -0.1) is 0 Å². The number of rotatable bonds is 9. The highest BCUT2D eigenvalue weighted by Crippen LogP contribution is 2.30. The molecule has 1 saturated heterocycles. The minimum Gasteiger partial charge on any atom is -0.467 e. The molecule has 0 bridgehead atoms. The number of furan rings is 1. The molecule has 3 N–H and O–H groups in total. The number of carbonyl (C=O) groups is 1. The smallest absolute Gasteiger partial charge is 0.228 e. The van der Waals surface area contributed by atoms with Crippen LogP contribution in [0.25, 0.3) is 22.6 Å². The highest BCUT2D eigenvalue weighted by atomic mass is 19.1. The summed E-state index contributed by atoms with van der Waals surface area (Å²) >= 11 is 0. The first kappa shape index (κ1) is 25.1. The molecule has 1 amide bonds. The van der Waals surface area contributed by atoms with Crippen LogP contribution in [-0.2, 0) is 27.2 Å². The second-order valence-electron chi connectivity index (χ2n) is 8.49. The summed E-state index contributed by atoms with van der Waals surface area (Å²) < 4.78 is 30.4. The predicted octanol–water partition coefficient (Wildman–Crippen LogP) is 3.05. The van der Waals surface area contributed by atoms with Crippen molar-refractivity contribution >= 4 is 11.9 Å². The molecule has 4 aromatic rings. The van der Waals surface area contributed by atoms with Crippen LogP contribution in [0.4, 0.5) is 10.3 Å². The van der Waals surface area contributed by atoms with Crippen LogP contribution in [0.3, 0.4) is 0 Å². The Hall–Kier alpha value is -4.60. The van der Waals surface area contributed by atoms with E-state index in [1.807, 2.05) is 12.1 Å². The van der Waals surface area contributed by atoms with Crippen molar-refractivity contribution in [3.63, 3.8) is 0 Å². The number of ether oxygens (including phenoxy) is 2. The van der Waals surface area contributed by atoms with Gasteiger partial charge in [0.15, 0.2) is 6.29 Å². The number of halogens is 1. The van der Waals surface area contributed by atoms with Crippen LogP contribution >= 0.6 is 0 Å². The van der Waals surface area contributed by atoms with Crippen LogP contribution in [0.2, 0.25) is 0 Å². The largest absolute Gasteiger partial charge is 0.467 e. The Morgan fingerprint density at radius 2 is 1.97 bits per heavy atom. The molecule has 1 fully saturated rings. The molecule has 1 aliphatic heterocycles. The molecule has 11 nitrogen and oxygen atoms in total. The average molecular weight is 518 g/mol. The molecule has 0 spiro atoms. The quantitative estimate of drug-likeness (QED) is 0.285. The zero-order valence-corrected chi connectivity index (χ0v) is 20.2. The maximum Gasteiger partial charge on any atom is 0.228 e. The van der Waals surface area contributed by atoms with Crippen LogP contribution < -0.4 is 10.6 Å². The van der Waals surface area contributed by atoms with E-state index < -0.39 is 12.2 Å². The molecule has 194 valence electrons. The lowest BCUT2D eigenvalue weighted by Crippen LogP contribution is -2.42. The van der Waals surface area contributed by atoms with Crippen LogP contribution in [-0.4, -0.2) is 51.9 Å². The second kappa shape index (κ2) is 11.6. The number of hydrogen-bond donors (Lipinski definition) is 3. The summed E-state index contributed by atoms with van der Waals surface area (Å²) in [4.78, 5) is 29.0. The normalized spacial score (nSPS) is 17.1. The van der Waals surface area contributed by atoms with Gasteiger partial charge in [0.2, 0.25) is 11.9 Å². The number of nitrogens with zero attached hydrogens (tertiary/aromatic N) is 4. The number of benzene rings is 1. The Kier molecular flexibility index (Phi) is 7.67.